The molecule has 2 unspecified atom stereocenters. The number of anilines is 1. The molecule has 11 heteroatoms. The summed E-state index contributed by atoms with van der Waals surface area (Å²) in [7, 11) is 0. The minimum atomic E-state index is -0.945. The molecule has 1 aromatic carbocycles. The van der Waals surface area contributed by atoms with E-state index in [4.69, 9.17) is 11.5 Å². The van der Waals surface area contributed by atoms with Crippen LogP contribution < -0.4 is 22.5 Å². The van der Waals surface area contributed by atoms with Crippen molar-refractivity contribution in [1.29, 1.82) is 0 Å². The Kier molecular flexibility index (Phi) is 9.04. The van der Waals surface area contributed by atoms with Crippen molar-refractivity contribution in [3.05, 3.63) is 52.6 Å². The average molecular weight is 539 g/mol. The van der Waals surface area contributed by atoms with Gasteiger partial charge in [-0.15, -0.1) is 0 Å². The van der Waals surface area contributed by atoms with Crippen molar-refractivity contribution < 1.29 is 9.59 Å². The van der Waals surface area contributed by atoms with E-state index >= 15 is 0 Å². The molecule has 2 saturated heterocycles. The number of likely N-dealkylation sites (tertiary alicyclic amines) is 1. The summed E-state index contributed by atoms with van der Waals surface area (Å²) in [5.74, 6) is 0.613. The molecular weight excluding hydrogens is 496 g/mol. The van der Waals surface area contributed by atoms with Crippen LogP contribution in [0.15, 0.2) is 41.3 Å². The number of nitrogens with one attached hydrogen (secondary N) is 1. The first-order valence-corrected chi connectivity index (χ1v) is 13.8. The van der Waals surface area contributed by atoms with Gasteiger partial charge in [-0.1, -0.05) is 19.1 Å². The van der Waals surface area contributed by atoms with Crippen LogP contribution in [0.4, 0.5) is 10.6 Å². The molecule has 2 fully saturated rings. The highest BCUT2D eigenvalue weighted by molar-refractivity contribution is 5.89. The van der Waals surface area contributed by atoms with Crippen molar-refractivity contribution in [3.8, 4) is 5.69 Å². The number of amides is 3. The van der Waals surface area contributed by atoms with Crippen LogP contribution in [0, 0.1) is 5.92 Å². The Labute approximate surface area is 230 Å². The monoisotopic (exact) mass is 538 g/mol. The minimum Gasteiger partial charge on any atom is -0.338 e. The molecular formula is C28H42N8O3. The van der Waals surface area contributed by atoms with Crippen molar-refractivity contribution in [2.45, 2.75) is 51.6 Å². The maximum atomic E-state index is 12.7. The lowest BCUT2D eigenvalue weighted by Gasteiger charge is -2.37. The van der Waals surface area contributed by atoms with Gasteiger partial charge in [0.2, 0.25) is 5.91 Å². The first kappa shape index (κ1) is 28.7. The molecule has 3 heterocycles. The van der Waals surface area contributed by atoms with E-state index in [1.165, 1.54) is 10.1 Å². The lowest BCUT2D eigenvalue weighted by molar-refractivity contribution is -0.137. The fourth-order valence-electron chi connectivity index (χ4n) is 5.04. The van der Waals surface area contributed by atoms with E-state index in [0.29, 0.717) is 37.8 Å². The molecule has 0 bridgehead atoms. The molecule has 5 N–H and O–H groups in total. The third kappa shape index (κ3) is 7.43. The highest BCUT2D eigenvalue weighted by Crippen LogP contribution is 2.17. The zero-order chi connectivity index (χ0) is 28.2. The van der Waals surface area contributed by atoms with Gasteiger partial charge in [0, 0.05) is 45.0 Å². The first-order valence-electron chi connectivity index (χ1n) is 13.8. The number of piperazine rings is 1. The lowest BCUT2D eigenvalue weighted by atomic mass is 9.98. The van der Waals surface area contributed by atoms with Crippen LogP contribution in [0.25, 0.3) is 5.69 Å². The van der Waals surface area contributed by atoms with Crippen LogP contribution >= 0.6 is 0 Å². The largest absolute Gasteiger partial charge is 0.354 e. The predicted octanol–water partition coefficient (Wildman–Crippen LogP) is 1.25. The number of nitrogens with two attached hydrogens (primary N) is 2. The van der Waals surface area contributed by atoms with E-state index < -0.39 is 11.2 Å². The Morgan fingerprint density at radius 1 is 1.00 bits per heavy atom. The van der Waals surface area contributed by atoms with E-state index in [9.17, 15) is 14.4 Å². The van der Waals surface area contributed by atoms with Gasteiger partial charge < -0.3 is 26.2 Å². The van der Waals surface area contributed by atoms with Crippen LogP contribution in [0.1, 0.15) is 39.2 Å². The van der Waals surface area contributed by atoms with Gasteiger partial charge in [0.15, 0.2) is 0 Å². The molecule has 212 valence electrons. The Morgan fingerprint density at radius 2 is 1.64 bits per heavy atom. The quantitative estimate of drug-likeness (QED) is 0.502. The number of urea groups is 1. The van der Waals surface area contributed by atoms with E-state index in [2.05, 4.69) is 22.1 Å². The molecule has 0 saturated carbocycles. The van der Waals surface area contributed by atoms with Gasteiger partial charge >= 0.3 is 11.7 Å². The molecule has 0 aliphatic carbocycles. The maximum Gasteiger partial charge on any atom is 0.354 e. The zero-order valence-electron chi connectivity index (χ0n) is 23.3. The van der Waals surface area contributed by atoms with Crippen LogP contribution in [-0.4, -0.2) is 93.6 Å². The van der Waals surface area contributed by atoms with E-state index in [-0.39, 0.29) is 23.8 Å². The summed E-state index contributed by atoms with van der Waals surface area (Å²) in [6, 6.07) is 9.46. The highest BCUT2D eigenvalue weighted by Gasteiger charge is 2.31. The summed E-state index contributed by atoms with van der Waals surface area (Å²) < 4.78 is 1.45. The summed E-state index contributed by atoms with van der Waals surface area (Å²) in [6.45, 7) is 10.3. The van der Waals surface area contributed by atoms with Crippen LogP contribution in [0.3, 0.4) is 0 Å². The molecule has 1 aromatic heterocycles. The molecule has 2 aromatic rings. The molecule has 0 spiro atoms. The maximum absolute atomic E-state index is 12.7. The Morgan fingerprint density at radius 3 is 2.28 bits per heavy atom. The molecule has 39 heavy (non-hydrogen) atoms. The average Bonchev–Trinajstić information content (AvgIpc) is 3.07. The van der Waals surface area contributed by atoms with Crippen molar-refractivity contribution in [2.75, 3.05) is 51.1 Å². The van der Waals surface area contributed by atoms with Gasteiger partial charge in [-0.3, -0.25) is 14.7 Å². The molecule has 2 aliphatic heterocycles. The molecule has 0 radical (unpaired) electrons. The number of carbonyl (C=O) groups excluding carboxylic acids is 2. The number of benzene rings is 1. The van der Waals surface area contributed by atoms with E-state index in [0.717, 1.165) is 38.9 Å². The van der Waals surface area contributed by atoms with Crippen molar-refractivity contribution in [3.63, 3.8) is 0 Å². The topological polar surface area (TPSA) is 143 Å². The minimum absolute atomic E-state index is 0.141. The van der Waals surface area contributed by atoms with Gasteiger partial charge in [0.1, 0.15) is 5.82 Å². The first-order chi connectivity index (χ1) is 18.5. The number of aromatic nitrogens is 2. The van der Waals surface area contributed by atoms with E-state index in [1.807, 2.05) is 24.3 Å². The SMILES string of the molecule is CC1CCN(CCc2ccc(-n3ccc(NC(=O)N4CCN(C(=O)C(C)(C)N)CC4)nc3=O)cc2)CCC1N. The highest BCUT2D eigenvalue weighted by atomic mass is 16.2. The number of rotatable bonds is 6. The lowest BCUT2D eigenvalue weighted by Crippen LogP contribution is -2.58. The van der Waals surface area contributed by atoms with Gasteiger partial charge in [-0.2, -0.15) is 4.98 Å². The number of hydrogen-bond donors (Lipinski definition) is 3. The second-order valence-corrected chi connectivity index (χ2v) is 11.4. The Bertz CT molecular complexity index is 1190. The summed E-state index contributed by atoms with van der Waals surface area (Å²) in [4.78, 5) is 47.6. The molecule has 3 amide bonds. The fourth-order valence-corrected chi connectivity index (χ4v) is 5.04. The predicted molar refractivity (Wildman–Crippen MR) is 152 cm³/mol. The number of hydrogen-bond acceptors (Lipinski definition) is 7. The second kappa shape index (κ2) is 12.3. The third-order valence-corrected chi connectivity index (χ3v) is 7.79. The number of carbonyl (C=O) groups is 2. The molecule has 2 atom stereocenters. The van der Waals surface area contributed by atoms with Gasteiger partial charge in [0.05, 0.1) is 11.2 Å². The fraction of sp³-hybridized carbons (Fsp3) is 0.571. The van der Waals surface area contributed by atoms with Crippen LogP contribution in [0.2, 0.25) is 0 Å². The number of nitrogens with zero attached hydrogens (tertiary/aromatic N) is 5. The smallest absolute Gasteiger partial charge is 0.338 e. The summed E-state index contributed by atoms with van der Waals surface area (Å²) in [6.07, 6.45) is 4.73. The van der Waals surface area contributed by atoms with Crippen molar-refractivity contribution in [1.82, 2.24) is 24.3 Å². The van der Waals surface area contributed by atoms with Gasteiger partial charge in [-0.25, -0.2) is 9.59 Å². The molecule has 11 nitrogen and oxygen atoms in total. The molecule has 4 rings (SSSR count). The summed E-state index contributed by atoms with van der Waals surface area (Å²) in [5, 5.41) is 2.69. The van der Waals surface area contributed by atoms with Crippen LogP contribution in [-0.2, 0) is 11.2 Å². The third-order valence-electron chi connectivity index (χ3n) is 7.79. The van der Waals surface area contributed by atoms with Crippen LogP contribution in [0.5, 0.6) is 0 Å². The zero-order valence-corrected chi connectivity index (χ0v) is 23.3. The van der Waals surface area contributed by atoms with Gasteiger partial charge in [0.25, 0.3) is 0 Å². The summed E-state index contributed by atoms with van der Waals surface area (Å²) >= 11 is 0. The second-order valence-electron chi connectivity index (χ2n) is 11.4. The molecule has 2 aliphatic rings. The Hall–Kier alpha value is -3.28. The van der Waals surface area contributed by atoms with E-state index in [1.54, 1.807) is 35.9 Å². The Balaban J connectivity index is 1.29. The normalized spacial score (nSPS) is 20.9. The standard InChI is InChI=1S/C28H42N8O3/c1-20-8-12-33(14-10-23(20)29)13-9-21-4-6-22(7-5-21)36-15-11-24(32-27(36)39)31-26(38)35-18-16-34(17-19-35)25(37)28(2,3)30/h4-7,11,15,20,23H,8-10,12-14,16-19,29-30H2,1-3H3,(H,31,32,38,39). The van der Waals surface area contributed by atoms with Gasteiger partial charge in [-0.05, 0) is 75.9 Å². The van der Waals surface area contributed by atoms with Crippen molar-refractivity contribution >= 4 is 17.8 Å². The summed E-state index contributed by atoms with van der Waals surface area (Å²) in [5.41, 5.74) is 12.6. The van der Waals surface area contributed by atoms with Crippen molar-refractivity contribution in [2.24, 2.45) is 17.4 Å².